The highest BCUT2D eigenvalue weighted by Crippen LogP contribution is 2.56. The summed E-state index contributed by atoms with van der Waals surface area (Å²) in [6.45, 7) is 5.78. The molecule has 29 heavy (non-hydrogen) atoms. The fraction of sp³-hybridized carbons (Fsp3) is 0.682. The monoisotopic (exact) mass is 397 g/mol. The quantitative estimate of drug-likeness (QED) is 0.712. The second-order valence-electron chi connectivity index (χ2n) is 9.91. The number of nitrogens with zero attached hydrogens (tertiary/aromatic N) is 4. The van der Waals surface area contributed by atoms with Crippen LogP contribution in [0.25, 0.3) is 0 Å². The van der Waals surface area contributed by atoms with Crippen LogP contribution in [-0.2, 0) is 6.54 Å². The number of allylic oxidation sites excluding steroid dienone is 1. The number of fused-ring (bicyclic) bond motifs is 3. The molecule has 2 aliphatic heterocycles. The van der Waals surface area contributed by atoms with Crippen LogP contribution in [0.4, 0.5) is 11.5 Å². The molecule has 6 N–H and O–H groups in total. The Morgan fingerprint density at radius 1 is 1.24 bits per heavy atom. The third-order valence-corrected chi connectivity index (χ3v) is 8.25. The second kappa shape index (κ2) is 6.59. The molecular weight excluding hydrogens is 362 g/mol. The number of likely N-dealkylation sites (N-methyl/N-ethyl adjacent to an activating group) is 1. The van der Waals surface area contributed by atoms with Crippen molar-refractivity contribution in [2.45, 2.75) is 63.6 Å². The van der Waals surface area contributed by atoms with Crippen LogP contribution in [0, 0.1) is 5.41 Å². The van der Waals surface area contributed by atoms with Gasteiger partial charge in [0, 0.05) is 61.9 Å². The van der Waals surface area contributed by atoms with E-state index in [9.17, 15) is 0 Å². The first-order valence-corrected chi connectivity index (χ1v) is 11.0. The first-order valence-electron chi connectivity index (χ1n) is 11.0. The first-order chi connectivity index (χ1) is 13.8. The molecule has 4 aliphatic rings. The van der Waals surface area contributed by atoms with Crippen molar-refractivity contribution >= 4 is 11.5 Å². The Labute approximate surface area is 173 Å². The summed E-state index contributed by atoms with van der Waals surface area (Å²) in [5, 5.41) is 5.06. The van der Waals surface area contributed by atoms with E-state index in [1.54, 1.807) is 6.20 Å². The number of hydrazine groups is 1. The lowest BCUT2D eigenvalue weighted by Gasteiger charge is -2.40. The van der Waals surface area contributed by atoms with Gasteiger partial charge in [0.2, 0.25) is 0 Å². The fourth-order valence-electron chi connectivity index (χ4n) is 6.53. The number of hydrogen-bond acceptors (Lipinski definition) is 7. The lowest BCUT2D eigenvalue weighted by atomic mass is 9.83. The molecule has 2 aliphatic carbocycles. The highest BCUT2D eigenvalue weighted by molar-refractivity contribution is 5.62. The third-order valence-electron chi connectivity index (χ3n) is 8.25. The Hall–Kier alpha value is -1.83. The molecule has 1 unspecified atom stereocenters. The van der Waals surface area contributed by atoms with Gasteiger partial charge in [-0.3, -0.25) is 0 Å². The topological polar surface area (TPSA) is 101 Å². The van der Waals surface area contributed by atoms with Crippen LogP contribution in [0.1, 0.15) is 51.0 Å². The highest BCUT2D eigenvalue weighted by atomic mass is 15.6. The molecule has 1 atom stereocenters. The van der Waals surface area contributed by atoms with Crippen LogP contribution < -0.4 is 22.1 Å². The molecule has 7 heteroatoms. The van der Waals surface area contributed by atoms with E-state index in [0.717, 1.165) is 37.3 Å². The molecule has 1 aromatic heterocycles. The Balaban J connectivity index is 1.39. The van der Waals surface area contributed by atoms with Crippen molar-refractivity contribution in [3.05, 3.63) is 29.1 Å². The minimum atomic E-state index is 0.114. The van der Waals surface area contributed by atoms with Gasteiger partial charge in [0.25, 0.3) is 0 Å². The number of nitrogens with two attached hydrogens (primary N) is 3. The van der Waals surface area contributed by atoms with Crippen molar-refractivity contribution in [2.75, 3.05) is 37.3 Å². The lowest BCUT2D eigenvalue weighted by Crippen LogP contribution is -2.47. The Kier molecular flexibility index (Phi) is 4.35. The SMILES string of the molecule is CC1=C2CN(c3ccnc(N)c3CN)CCC2N(C)N1CC12CCC(N)(CC1)C2. The summed E-state index contributed by atoms with van der Waals surface area (Å²) in [4.78, 5) is 6.66. The van der Waals surface area contributed by atoms with Crippen molar-refractivity contribution in [3.8, 4) is 0 Å². The summed E-state index contributed by atoms with van der Waals surface area (Å²) >= 11 is 0. The van der Waals surface area contributed by atoms with E-state index < -0.39 is 0 Å². The minimum Gasteiger partial charge on any atom is -0.383 e. The zero-order valence-corrected chi connectivity index (χ0v) is 17.8. The smallest absolute Gasteiger partial charge is 0.129 e. The van der Waals surface area contributed by atoms with Gasteiger partial charge in [0.05, 0.1) is 6.04 Å². The van der Waals surface area contributed by atoms with Gasteiger partial charge in [-0.05, 0) is 62.5 Å². The molecule has 2 bridgehead atoms. The molecular formula is C22H35N7. The molecule has 5 rings (SSSR count). The van der Waals surface area contributed by atoms with E-state index in [1.165, 1.54) is 43.4 Å². The summed E-state index contributed by atoms with van der Waals surface area (Å²) in [6.07, 6.45) is 9.06. The second-order valence-corrected chi connectivity index (χ2v) is 9.91. The average molecular weight is 398 g/mol. The minimum absolute atomic E-state index is 0.114. The molecule has 158 valence electrons. The Morgan fingerprint density at radius 2 is 2.00 bits per heavy atom. The predicted octanol–water partition coefficient (Wildman–Crippen LogP) is 1.80. The largest absolute Gasteiger partial charge is 0.383 e. The lowest BCUT2D eigenvalue weighted by molar-refractivity contribution is -0.00510. The van der Waals surface area contributed by atoms with Crippen molar-refractivity contribution in [3.63, 3.8) is 0 Å². The number of hydrogen-bond donors (Lipinski definition) is 3. The molecule has 1 saturated heterocycles. The number of piperidine rings is 1. The number of rotatable bonds is 4. The van der Waals surface area contributed by atoms with Crippen LogP contribution in [0.3, 0.4) is 0 Å². The summed E-state index contributed by atoms with van der Waals surface area (Å²) in [5.41, 5.74) is 24.2. The number of anilines is 2. The van der Waals surface area contributed by atoms with Crippen LogP contribution in [0.15, 0.2) is 23.5 Å². The molecule has 1 aromatic rings. The van der Waals surface area contributed by atoms with Gasteiger partial charge in [-0.1, -0.05) is 0 Å². The standard InChI is InChI=1S/C22H35N7/c1-15-17-12-28(19-3-9-26-20(24)16(19)11-23)10-4-18(17)27(2)29(15)14-21-5-7-22(25,13-21)8-6-21/h3,9,18H,4-8,10-14,23,25H2,1-2H3,(H2,24,26). The van der Waals surface area contributed by atoms with Gasteiger partial charge in [-0.15, -0.1) is 0 Å². The summed E-state index contributed by atoms with van der Waals surface area (Å²) < 4.78 is 0. The Morgan fingerprint density at radius 3 is 2.66 bits per heavy atom. The molecule has 0 aromatic carbocycles. The zero-order chi connectivity index (χ0) is 20.4. The van der Waals surface area contributed by atoms with E-state index in [4.69, 9.17) is 17.2 Å². The van der Waals surface area contributed by atoms with Gasteiger partial charge in [-0.25, -0.2) is 9.99 Å². The summed E-state index contributed by atoms with van der Waals surface area (Å²) in [6, 6.07) is 2.55. The molecule has 3 heterocycles. The van der Waals surface area contributed by atoms with Gasteiger partial charge >= 0.3 is 0 Å². The van der Waals surface area contributed by atoms with Crippen molar-refractivity contribution in [1.29, 1.82) is 0 Å². The molecule has 3 fully saturated rings. The normalized spacial score (nSPS) is 34.4. The summed E-state index contributed by atoms with van der Waals surface area (Å²) in [5.74, 6) is 0.551. The third kappa shape index (κ3) is 2.94. The fourth-order valence-corrected chi connectivity index (χ4v) is 6.53. The predicted molar refractivity (Wildman–Crippen MR) is 117 cm³/mol. The van der Waals surface area contributed by atoms with Gasteiger partial charge in [-0.2, -0.15) is 0 Å². The number of aromatic nitrogens is 1. The Bertz CT molecular complexity index is 840. The molecule has 0 radical (unpaired) electrons. The van der Waals surface area contributed by atoms with Crippen LogP contribution >= 0.6 is 0 Å². The zero-order valence-electron chi connectivity index (χ0n) is 17.8. The maximum Gasteiger partial charge on any atom is 0.129 e. The summed E-state index contributed by atoms with van der Waals surface area (Å²) in [7, 11) is 2.27. The van der Waals surface area contributed by atoms with Crippen LogP contribution in [0.2, 0.25) is 0 Å². The van der Waals surface area contributed by atoms with E-state index in [-0.39, 0.29) is 5.54 Å². The van der Waals surface area contributed by atoms with Crippen molar-refractivity contribution < 1.29 is 0 Å². The average Bonchev–Trinajstić information content (AvgIpc) is 3.31. The van der Waals surface area contributed by atoms with E-state index in [0.29, 0.717) is 23.8 Å². The maximum absolute atomic E-state index is 6.59. The van der Waals surface area contributed by atoms with Crippen LogP contribution in [-0.4, -0.2) is 53.3 Å². The van der Waals surface area contributed by atoms with E-state index in [1.807, 2.05) is 0 Å². The first kappa shape index (κ1) is 19.2. The maximum atomic E-state index is 6.59. The molecule has 2 saturated carbocycles. The number of nitrogen functional groups attached to an aromatic ring is 1. The van der Waals surface area contributed by atoms with Crippen molar-refractivity contribution in [2.24, 2.45) is 16.9 Å². The van der Waals surface area contributed by atoms with E-state index >= 15 is 0 Å². The van der Waals surface area contributed by atoms with Gasteiger partial charge in [0.1, 0.15) is 5.82 Å². The van der Waals surface area contributed by atoms with Gasteiger partial charge in [0.15, 0.2) is 0 Å². The van der Waals surface area contributed by atoms with Gasteiger partial charge < -0.3 is 27.1 Å². The number of pyridine rings is 1. The molecule has 7 nitrogen and oxygen atoms in total. The van der Waals surface area contributed by atoms with Crippen molar-refractivity contribution in [1.82, 2.24) is 15.0 Å². The van der Waals surface area contributed by atoms with E-state index in [2.05, 4.69) is 39.9 Å². The molecule has 0 spiro atoms. The highest BCUT2D eigenvalue weighted by Gasteiger charge is 2.54. The molecule has 0 amide bonds. The van der Waals surface area contributed by atoms with Crippen LogP contribution in [0.5, 0.6) is 0 Å².